The van der Waals surface area contributed by atoms with E-state index in [9.17, 15) is 0 Å². The normalized spacial score (nSPS) is 24.8. The predicted molar refractivity (Wildman–Crippen MR) is 64.7 cm³/mol. The van der Waals surface area contributed by atoms with Crippen molar-refractivity contribution in [1.29, 1.82) is 0 Å². The van der Waals surface area contributed by atoms with Gasteiger partial charge in [-0.25, -0.2) is 0 Å². The SMILES string of the molecule is S=C=NC1(Cc2ccccc2)COCCO1. The molecule has 1 heterocycles. The third-order valence-electron chi connectivity index (χ3n) is 2.50. The van der Waals surface area contributed by atoms with E-state index >= 15 is 0 Å². The van der Waals surface area contributed by atoms with E-state index in [2.05, 4.69) is 22.4 Å². The van der Waals surface area contributed by atoms with Crippen LogP contribution in [0.1, 0.15) is 5.56 Å². The molecule has 1 unspecified atom stereocenters. The number of ether oxygens (including phenoxy) is 2. The molecule has 1 fully saturated rings. The number of benzene rings is 1. The summed E-state index contributed by atoms with van der Waals surface area (Å²) in [5.74, 6) is 0. The van der Waals surface area contributed by atoms with Gasteiger partial charge in [-0.1, -0.05) is 30.3 Å². The highest BCUT2D eigenvalue weighted by atomic mass is 32.1. The standard InChI is InChI=1S/C12H13NO2S/c16-10-13-12(9-14-6-7-15-12)8-11-4-2-1-3-5-11/h1-5H,6-9H2. The molecule has 3 nitrogen and oxygen atoms in total. The number of hydrogen-bond acceptors (Lipinski definition) is 4. The molecule has 0 aromatic heterocycles. The highest BCUT2D eigenvalue weighted by Gasteiger charge is 2.33. The van der Waals surface area contributed by atoms with E-state index in [4.69, 9.17) is 9.47 Å². The fraction of sp³-hybridized carbons (Fsp3) is 0.417. The lowest BCUT2D eigenvalue weighted by Gasteiger charge is -2.32. The number of rotatable bonds is 3. The Labute approximate surface area is 100 Å². The predicted octanol–water partition coefficient (Wildman–Crippen LogP) is 2.07. The number of hydrogen-bond donors (Lipinski definition) is 0. The van der Waals surface area contributed by atoms with Gasteiger partial charge in [-0.05, 0) is 17.8 Å². The Balaban J connectivity index is 2.17. The molecule has 1 aromatic rings. The van der Waals surface area contributed by atoms with Crippen molar-refractivity contribution in [3.63, 3.8) is 0 Å². The van der Waals surface area contributed by atoms with Gasteiger partial charge < -0.3 is 9.47 Å². The molecule has 0 aliphatic carbocycles. The first-order valence-corrected chi connectivity index (χ1v) is 5.60. The van der Waals surface area contributed by atoms with E-state index in [1.807, 2.05) is 30.3 Å². The van der Waals surface area contributed by atoms with Gasteiger partial charge in [-0.15, -0.1) is 0 Å². The van der Waals surface area contributed by atoms with Gasteiger partial charge in [-0.2, -0.15) is 4.99 Å². The van der Waals surface area contributed by atoms with Crippen LogP contribution in [0.2, 0.25) is 0 Å². The van der Waals surface area contributed by atoms with Crippen LogP contribution in [0.25, 0.3) is 0 Å². The van der Waals surface area contributed by atoms with Crippen molar-refractivity contribution in [1.82, 2.24) is 0 Å². The molecular formula is C12H13NO2S. The minimum absolute atomic E-state index is 0.436. The van der Waals surface area contributed by atoms with Crippen LogP contribution < -0.4 is 0 Å². The lowest BCUT2D eigenvalue weighted by molar-refractivity contribution is -0.151. The highest BCUT2D eigenvalue weighted by Crippen LogP contribution is 2.22. The van der Waals surface area contributed by atoms with Gasteiger partial charge in [0.25, 0.3) is 0 Å². The lowest BCUT2D eigenvalue weighted by Crippen LogP contribution is -2.43. The second-order valence-electron chi connectivity index (χ2n) is 3.71. The molecule has 1 aromatic carbocycles. The summed E-state index contributed by atoms with van der Waals surface area (Å²) < 4.78 is 11.1. The average Bonchev–Trinajstić information content (AvgIpc) is 2.31. The second kappa shape index (κ2) is 5.32. The summed E-state index contributed by atoms with van der Waals surface area (Å²) in [5, 5.41) is 2.40. The van der Waals surface area contributed by atoms with Crippen molar-refractivity contribution in [3.05, 3.63) is 35.9 Å². The molecule has 0 spiro atoms. The van der Waals surface area contributed by atoms with Gasteiger partial charge in [0.2, 0.25) is 0 Å². The summed E-state index contributed by atoms with van der Waals surface area (Å²) in [4.78, 5) is 4.13. The van der Waals surface area contributed by atoms with Gasteiger partial charge in [-0.3, -0.25) is 0 Å². The van der Waals surface area contributed by atoms with Gasteiger partial charge in [0.15, 0.2) is 5.72 Å². The highest BCUT2D eigenvalue weighted by molar-refractivity contribution is 7.78. The Morgan fingerprint density at radius 2 is 2.12 bits per heavy atom. The van der Waals surface area contributed by atoms with Crippen molar-refractivity contribution >= 4 is 17.4 Å². The van der Waals surface area contributed by atoms with Gasteiger partial charge in [0.05, 0.1) is 25.0 Å². The molecule has 0 bridgehead atoms. The zero-order valence-corrected chi connectivity index (χ0v) is 9.70. The summed E-state index contributed by atoms with van der Waals surface area (Å²) in [6.07, 6.45) is 0.664. The maximum atomic E-state index is 5.69. The first-order chi connectivity index (χ1) is 7.85. The largest absolute Gasteiger partial charge is 0.374 e. The van der Waals surface area contributed by atoms with Gasteiger partial charge >= 0.3 is 0 Å². The van der Waals surface area contributed by atoms with Crippen LogP contribution in [0.3, 0.4) is 0 Å². The third kappa shape index (κ3) is 2.74. The van der Waals surface area contributed by atoms with Crippen LogP contribution in [-0.2, 0) is 15.9 Å². The molecule has 1 aliphatic rings. The van der Waals surface area contributed by atoms with Crippen LogP contribution in [0.15, 0.2) is 35.3 Å². The molecule has 0 radical (unpaired) electrons. The van der Waals surface area contributed by atoms with Crippen LogP contribution in [0, 0.1) is 0 Å². The Morgan fingerprint density at radius 1 is 1.31 bits per heavy atom. The average molecular weight is 235 g/mol. The van der Waals surface area contributed by atoms with Gasteiger partial charge in [0.1, 0.15) is 0 Å². The molecule has 2 rings (SSSR count). The first-order valence-electron chi connectivity index (χ1n) is 5.19. The van der Waals surface area contributed by atoms with Crippen molar-refractivity contribution in [3.8, 4) is 0 Å². The molecule has 0 amide bonds. The summed E-state index contributed by atoms with van der Waals surface area (Å²) in [5.41, 5.74) is 0.475. The molecular weight excluding hydrogens is 222 g/mol. The van der Waals surface area contributed by atoms with Crippen LogP contribution in [0.5, 0.6) is 0 Å². The Hall–Kier alpha value is -1.06. The van der Waals surface area contributed by atoms with E-state index in [1.54, 1.807) is 0 Å². The molecule has 4 heteroatoms. The third-order valence-corrected chi connectivity index (χ3v) is 2.59. The quantitative estimate of drug-likeness (QED) is 0.593. The molecule has 16 heavy (non-hydrogen) atoms. The number of aliphatic imine (C=N–C) groups is 1. The molecule has 0 N–H and O–H groups in total. The molecule has 0 saturated carbocycles. The van der Waals surface area contributed by atoms with E-state index in [0.717, 1.165) is 5.56 Å². The minimum Gasteiger partial charge on any atom is -0.374 e. The first kappa shape index (κ1) is 11.4. The summed E-state index contributed by atoms with van der Waals surface area (Å²) in [6.45, 7) is 1.60. The molecule has 1 saturated heterocycles. The lowest BCUT2D eigenvalue weighted by atomic mass is 10.0. The van der Waals surface area contributed by atoms with Crippen LogP contribution in [0.4, 0.5) is 0 Å². The van der Waals surface area contributed by atoms with E-state index in [-0.39, 0.29) is 0 Å². The zero-order chi connectivity index (χ0) is 11.3. The Morgan fingerprint density at radius 3 is 2.75 bits per heavy atom. The van der Waals surface area contributed by atoms with Crippen molar-refractivity contribution in [2.24, 2.45) is 4.99 Å². The van der Waals surface area contributed by atoms with Crippen molar-refractivity contribution < 1.29 is 9.47 Å². The van der Waals surface area contributed by atoms with Crippen LogP contribution >= 0.6 is 12.2 Å². The topological polar surface area (TPSA) is 30.8 Å². The fourth-order valence-electron chi connectivity index (χ4n) is 1.77. The fourth-order valence-corrected chi connectivity index (χ4v) is 1.93. The second-order valence-corrected chi connectivity index (χ2v) is 3.90. The maximum absolute atomic E-state index is 5.69. The summed E-state index contributed by atoms with van der Waals surface area (Å²) in [7, 11) is 0. The van der Waals surface area contributed by atoms with Crippen molar-refractivity contribution in [2.45, 2.75) is 12.1 Å². The number of nitrogens with zero attached hydrogens (tertiary/aromatic N) is 1. The molecule has 84 valence electrons. The molecule has 1 aliphatic heterocycles. The zero-order valence-electron chi connectivity index (χ0n) is 8.89. The molecule has 1 atom stereocenters. The summed E-state index contributed by atoms with van der Waals surface area (Å²) in [6, 6.07) is 10.1. The van der Waals surface area contributed by atoms with E-state index < -0.39 is 5.72 Å². The smallest absolute Gasteiger partial charge is 0.195 e. The number of isothiocyanates is 1. The van der Waals surface area contributed by atoms with E-state index in [1.165, 1.54) is 0 Å². The van der Waals surface area contributed by atoms with Crippen molar-refractivity contribution in [2.75, 3.05) is 19.8 Å². The van der Waals surface area contributed by atoms with Crippen LogP contribution in [-0.4, -0.2) is 30.7 Å². The Kier molecular flexibility index (Phi) is 3.80. The minimum atomic E-state index is -0.679. The maximum Gasteiger partial charge on any atom is 0.195 e. The van der Waals surface area contributed by atoms with E-state index in [0.29, 0.717) is 26.2 Å². The van der Waals surface area contributed by atoms with Gasteiger partial charge in [0, 0.05) is 6.42 Å². The monoisotopic (exact) mass is 235 g/mol. The number of thiocarbonyl (C=S) groups is 1. The Bertz CT molecular complexity index is 381. The summed E-state index contributed by atoms with van der Waals surface area (Å²) >= 11 is 4.67.